The Morgan fingerprint density at radius 1 is 0.336 bits per heavy atom. The van der Waals surface area contributed by atoms with Gasteiger partial charge >= 0.3 is 0 Å². The van der Waals surface area contributed by atoms with Crippen LogP contribution < -0.4 is 5.32 Å². The van der Waals surface area contributed by atoms with Gasteiger partial charge in [-0.2, -0.15) is 0 Å². The normalized spacial score (nSPS) is 25.4. The molecule has 3 rings (SSSR count). The molecule has 3 heterocycles. The van der Waals surface area contributed by atoms with Gasteiger partial charge < -0.3 is 89.9 Å². The number of rotatable bonds is 74. The van der Waals surface area contributed by atoms with Gasteiger partial charge in [0, 0.05) is 6.42 Å². The lowest BCUT2D eigenvalue weighted by Crippen LogP contribution is -2.66. The van der Waals surface area contributed by atoms with Crippen molar-refractivity contribution in [2.45, 2.75) is 484 Å². The maximum Gasteiger partial charge on any atom is 0.220 e. The second kappa shape index (κ2) is 70.7. The van der Waals surface area contributed by atoms with E-state index in [2.05, 4.69) is 79.9 Å². The third-order valence-corrected chi connectivity index (χ3v) is 22.6. The molecule has 0 saturated carbocycles. The molecule has 0 radical (unpaired) electrons. The van der Waals surface area contributed by atoms with E-state index in [1.807, 2.05) is 0 Å². The first-order valence-electron chi connectivity index (χ1n) is 45.5. The van der Waals surface area contributed by atoms with E-state index in [1.54, 1.807) is 0 Å². The van der Waals surface area contributed by atoms with Crippen molar-refractivity contribution < 1.29 is 89.4 Å². The number of aliphatic hydroxyl groups excluding tert-OH is 11. The van der Waals surface area contributed by atoms with Crippen LogP contribution in [0, 0.1) is 0 Å². The third kappa shape index (κ3) is 48.9. The van der Waals surface area contributed by atoms with Gasteiger partial charge in [0.2, 0.25) is 5.91 Å². The summed E-state index contributed by atoms with van der Waals surface area (Å²) in [5, 5.41) is 121. The number of carbonyl (C=O) groups excluding carboxylic acids is 1. The molecular formula is C91H167NO18. The molecule has 3 aliphatic rings. The number of aliphatic hydroxyl groups is 11. The van der Waals surface area contributed by atoms with Crippen molar-refractivity contribution in [2.24, 2.45) is 0 Å². The highest BCUT2D eigenvalue weighted by molar-refractivity contribution is 5.76. The van der Waals surface area contributed by atoms with Crippen molar-refractivity contribution in [1.29, 1.82) is 0 Å². The summed E-state index contributed by atoms with van der Waals surface area (Å²) in [5.74, 6) is -0.235. The Bertz CT molecular complexity index is 2220. The zero-order chi connectivity index (χ0) is 79.5. The van der Waals surface area contributed by atoms with Crippen molar-refractivity contribution in [2.75, 3.05) is 26.4 Å². The molecule has 644 valence electrons. The van der Waals surface area contributed by atoms with Crippen LogP contribution in [-0.4, -0.2) is 193 Å². The van der Waals surface area contributed by atoms with Crippen molar-refractivity contribution in [1.82, 2.24) is 5.32 Å². The minimum absolute atomic E-state index is 0.235. The van der Waals surface area contributed by atoms with Gasteiger partial charge in [-0.05, 0) is 57.8 Å². The third-order valence-electron chi connectivity index (χ3n) is 22.6. The van der Waals surface area contributed by atoms with Crippen molar-refractivity contribution in [3.63, 3.8) is 0 Å². The van der Waals surface area contributed by atoms with Crippen molar-refractivity contribution in [3.05, 3.63) is 60.8 Å². The van der Waals surface area contributed by atoms with Gasteiger partial charge in [-0.1, -0.05) is 376 Å². The van der Waals surface area contributed by atoms with E-state index in [1.165, 1.54) is 270 Å². The van der Waals surface area contributed by atoms with E-state index in [-0.39, 0.29) is 18.9 Å². The van der Waals surface area contributed by atoms with Crippen LogP contribution in [0.4, 0.5) is 0 Å². The zero-order valence-corrected chi connectivity index (χ0v) is 69.5. The predicted molar refractivity (Wildman–Crippen MR) is 443 cm³/mol. The average molecular weight is 1560 g/mol. The Kier molecular flexibility index (Phi) is 65.3. The monoisotopic (exact) mass is 1560 g/mol. The fraction of sp³-hybridized carbons (Fsp3) is 0.879. The molecule has 0 bridgehead atoms. The van der Waals surface area contributed by atoms with E-state index in [9.17, 15) is 61.0 Å². The summed E-state index contributed by atoms with van der Waals surface area (Å²) in [4.78, 5) is 13.5. The summed E-state index contributed by atoms with van der Waals surface area (Å²) in [6.45, 7) is 1.75. The molecule has 12 N–H and O–H groups in total. The summed E-state index contributed by atoms with van der Waals surface area (Å²) in [5.41, 5.74) is 0. The molecule has 0 aromatic heterocycles. The number of unbranched alkanes of at least 4 members (excludes halogenated alkanes) is 48. The smallest absolute Gasteiger partial charge is 0.220 e. The van der Waals surface area contributed by atoms with Crippen LogP contribution in [0.15, 0.2) is 60.8 Å². The topological polar surface area (TPSA) is 307 Å². The Morgan fingerprint density at radius 3 is 0.982 bits per heavy atom. The highest BCUT2D eigenvalue weighted by Gasteiger charge is 2.54. The fourth-order valence-corrected chi connectivity index (χ4v) is 15.4. The Balaban J connectivity index is 1.30. The van der Waals surface area contributed by atoms with Gasteiger partial charge in [0.25, 0.3) is 0 Å². The minimum Gasteiger partial charge on any atom is -0.394 e. The molecule has 0 aliphatic carbocycles. The summed E-state index contributed by atoms with van der Waals surface area (Å²) >= 11 is 0. The highest BCUT2D eigenvalue weighted by Crippen LogP contribution is 2.34. The number of hydrogen-bond acceptors (Lipinski definition) is 18. The highest BCUT2D eigenvalue weighted by atomic mass is 16.8. The van der Waals surface area contributed by atoms with Gasteiger partial charge in [0.05, 0.1) is 38.6 Å². The number of allylic oxidation sites excluding steroid dienone is 10. The fourth-order valence-electron chi connectivity index (χ4n) is 15.4. The first kappa shape index (κ1) is 102. The Hall–Kier alpha value is -2.51. The zero-order valence-electron chi connectivity index (χ0n) is 69.5. The van der Waals surface area contributed by atoms with Gasteiger partial charge in [-0.25, -0.2) is 0 Å². The maximum atomic E-state index is 13.5. The molecule has 3 saturated heterocycles. The van der Waals surface area contributed by atoms with Crippen LogP contribution in [0.3, 0.4) is 0 Å². The predicted octanol–water partition coefficient (Wildman–Crippen LogP) is 17.4. The molecule has 3 aliphatic heterocycles. The van der Waals surface area contributed by atoms with Gasteiger partial charge in [0.15, 0.2) is 18.9 Å². The lowest BCUT2D eigenvalue weighted by Gasteiger charge is -2.48. The molecule has 17 atom stereocenters. The van der Waals surface area contributed by atoms with Crippen LogP contribution >= 0.6 is 0 Å². The van der Waals surface area contributed by atoms with Crippen LogP contribution in [-0.2, 0) is 33.2 Å². The van der Waals surface area contributed by atoms with Crippen molar-refractivity contribution in [3.8, 4) is 0 Å². The summed E-state index contributed by atoms with van der Waals surface area (Å²) in [7, 11) is 0. The number of carbonyl (C=O) groups is 1. The second-order valence-electron chi connectivity index (χ2n) is 32.4. The number of ether oxygens (including phenoxy) is 6. The molecule has 110 heavy (non-hydrogen) atoms. The second-order valence-corrected chi connectivity index (χ2v) is 32.4. The van der Waals surface area contributed by atoms with E-state index in [0.29, 0.717) is 12.8 Å². The van der Waals surface area contributed by atoms with Crippen LogP contribution in [0.5, 0.6) is 0 Å². The lowest BCUT2D eigenvalue weighted by molar-refractivity contribution is -0.379. The lowest BCUT2D eigenvalue weighted by atomic mass is 9.96. The standard InChI is InChI=1S/C91H167NO18/c1-3-5-7-9-11-13-15-17-19-21-23-25-27-29-31-32-33-34-35-36-37-38-39-40-41-42-43-45-47-49-51-53-55-57-59-61-63-65-67-69-79(97)92-74(75(96)68-66-64-62-60-58-56-54-52-50-48-46-44-30-28-26-24-22-20-18-16-14-12-10-8-6-4-2)73-105-89-85(103)82(100)87(77(71-94)107-89)110-91-86(104)83(101)88(78(72-95)108-91)109-90-84(102)81(99)80(98)76(70-93)106-90/h5,7,11,13,17,19,23,25,29,31,74-78,80-91,93-96,98-104H,3-4,6,8-10,12,14-16,18,20-22,24,26-28,30,32-73H2,1-2H3,(H,92,97)/b7-5-,13-11-,19-17-,25-23-,31-29-. The quantitative estimate of drug-likeness (QED) is 0.0199. The SMILES string of the molecule is CC/C=C\C/C=C\C/C=C\C/C=C\C/C=C\CCCCCCCCCCCCCCCCCCCCCCCCCC(=O)NC(COC1OC(CO)C(OC2OC(CO)C(OC3OC(CO)C(O)C(O)C3O)C(O)C2O)C(O)C1O)C(O)CCCCCCCCCCCCCCCCCCCCCCCCCCCC. The van der Waals surface area contributed by atoms with Gasteiger partial charge in [0.1, 0.15) is 73.2 Å². The molecule has 0 aromatic rings. The molecule has 19 heteroatoms. The van der Waals surface area contributed by atoms with E-state index < -0.39 is 124 Å². The summed E-state index contributed by atoms with van der Waals surface area (Å²) in [6, 6.07) is -0.889. The van der Waals surface area contributed by atoms with Gasteiger partial charge in [-0.3, -0.25) is 4.79 Å². The van der Waals surface area contributed by atoms with E-state index in [0.717, 1.165) is 77.0 Å². The first-order valence-corrected chi connectivity index (χ1v) is 45.5. The average Bonchev–Trinajstić information content (AvgIpc) is 0.780. The molecule has 3 fully saturated rings. The van der Waals surface area contributed by atoms with Crippen LogP contribution in [0.25, 0.3) is 0 Å². The molecule has 17 unspecified atom stereocenters. The molecule has 19 nitrogen and oxygen atoms in total. The number of hydrogen-bond donors (Lipinski definition) is 12. The van der Waals surface area contributed by atoms with Gasteiger partial charge in [-0.15, -0.1) is 0 Å². The molecule has 1 amide bonds. The van der Waals surface area contributed by atoms with E-state index >= 15 is 0 Å². The summed E-state index contributed by atoms with van der Waals surface area (Å²) < 4.78 is 34.6. The van der Waals surface area contributed by atoms with Crippen LogP contribution in [0.1, 0.15) is 380 Å². The summed E-state index contributed by atoms with van der Waals surface area (Å²) in [6.07, 6.45) is 66.2. The van der Waals surface area contributed by atoms with E-state index in [4.69, 9.17) is 28.4 Å². The number of nitrogens with one attached hydrogen (secondary N) is 1. The molecule has 0 spiro atoms. The largest absolute Gasteiger partial charge is 0.394 e. The Labute approximate surface area is 668 Å². The first-order chi connectivity index (χ1) is 53.8. The molecular weight excluding hydrogens is 1390 g/mol. The molecule has 0 aromatic carbocycles. The maximum absolute atomic E-state index is 13.5. The van der Waals surface area contributed by atoms with Crippen molar-refractivity contribution >= 4 is 5.91 Å². The number of amides is 1. The Morgan fingerprint density at radius 2 is 0.627 bits per heavy atom. The van der Waals surface area contributed by atoms with Crippen LogP contribution in [0.2, 0.25) is 0 Å². The minimum atomic E-state index is -1.97.